The van der Waals surface area contributed by atoms with Crippen molar-refractivity contribution < 1.29 is 25.0 Å². The van der Waals surface area contributed by atoms with E-state index >= 15 is 0 Å². The molecule has 0 spiro atoms. The number of carboxylic acids is 1. The molecule has 0 amide bonds. The highest BCUT2D eigenvalue weighted by Gasteiger charge is 2.06. The molecule has 6 N–H and O–H groups in total. The van der Waals surface area contributed by atoms with Crippen LogP contribution in [-0.4, -0.2) is 45.3 Å². The molecule has 0 saturated carbocycles. The number of thiol groups is 1. The van der Waals surface area contributed by atoms with Crippen molar-refractivity contribution in [1.82, 2.24) is 0 Å². The minimum absolute atomic E-state index is 0.190. The van der Waals surface area contributed by atoms with E-state index in [9.17, 15) is 4.79 Å². The molecule has 8 heteroatoms. The predicted molar refractivity (Wildman–Crippen MR) is 41.9 cm³/mol. The van der Waals surface area contributed by atoms with E-state index < -0.39 is 19.3 Å². The maximum atomic E-state index is 9.76. The molecule has 66 valence electrons. The van der Waals surface area contributed by atoms with Crippen LogP contribution < -0.4 is 5.73 Å². The van der Waals surface area contributed by atoms with E-state index in [1.165, 1.54) is 0 Å². The molecular weight excluding hydrogens is 173 g/mol. The Labute approximate surface area is 69.2 Å². The summed E-state index contributed by atoms with van der Waals surface area (Å²) in [6.07, 6.45) is 0. The van der Waals surface area contributed by atoms with Crippen molar-refractivity contribution in [3.05, 3.63) is 0 Å². The smallest absolute Gasteiger partial charge is 0.480 e. The molecule has 0 saturated heterocycles. The quantitative estimate of drug-likeness (QED) is 0.204. The predicted octanol–water partition coefficient (Wildman–Crippen LogP) is -2.72. The fraction of sp³-hybridized carbons (Fsp3) is 0.667. The molecule has 0 aliphatic heterocycles. The standard InChI is InChI=1S/C3H7NO2S.BH3O3/c4-2(1-7)3(5)6;2-1(3)4/h2,7H,1,4H2,(H,5,6);2-4H. The summed E-state index contributed by atoms with van der Waals surface area (Å²) in [4.78, 5) is 9.76. The topological polar surface area (TPSA) is 124 Å². The van der Waals surface area contributed by atoms with Crippen LogP contribution in [0.15, 0.2) is 0 Å². The van der Waals surface area contributed by atoms with Gasteiger partial charge < -0.3 is 25.9 Å². The zero-order chi connectivity index (χ0) is 9.44. The lowest BCUT2D eigenvalue weighted by atomic mass is 10.3. The lowest BCUT2D eigenvalue weighted by Gasteiger charge is -1.96. The van der Waals surface area contributed by atoms with Gasteiger partial charge in [-0.2, -0.15) is 12.6 Å². The molecule has 11 heavy (non-hydrogen) atoms. The van der Waals surface area contributed by atoms with Crippen molar-refractivity contribution >= 4 is 25.9 Å². The first kappa shape index (κ1) is 13.3. The fourth-order valence-electron chi connectivity index (χ4n) is 0.0781. The molecule has 0 aromatic carbocycles. The first-order valence-corrected chi connectivity index (χ1v) is 3.18. The average molecular weight is 183 g/mol. The fourth-order valence-corrected chi connectivity index (χ4v) is 0.234. The summed E-state index contributed by atoms with van der Waals surface area (Å²) in [5, 5.41) is 29.5. The second kappa shape index (κ2) is 7.83. The van der Waals surface area contributed by atoms with E-state index in [0.29, 0.717) is 0 Å². The Kier molecular flexibility index (Phi) is 9.48. The molecule has 0 bridgehead atoms. The van der Waals surface area contributed by atoms with Gasteiger partial charge in [0, 0.05) is 5.75 Å². The van der Waals surface area contributed by atoms with Gasteiger partial charge in [-0.05, 0) is 0 Å². The summed E-state index contributed by atoms with van der Waals surface area (Å²) >= 11 is 3.65. The van der Waals surface area contributed by atoms with Crippen LogP contribution in [0, 0.1) is 0 Å². The van der Waals surface area contributed by atoms with Crippen molar-refractivity contribution in [2.45, 2.75) is 6.04 Å². The highest BCUT2D eigenvalue weighted by Crippen LogP contribution is 1.80. The molecule has 0 aromatic heterocycles. The van der Waals surface area contributed by atoms with Crippen LogP contribution in [0.25, 0.3) is 0 Å². The van der Waals surface area contributed by atoms with Gasteiger partial charge in [0.25, 0.3) is 0 Å². The molecule has 0 aromatic rings. The Balaban J connectivity index is 0. The third-order valence-corrected chi connectivity index (χ3v) is 0.907. The van der Waals surface area contributed by atoms with Crippen LogP contribution in [-0.2, 0) is 4.79 Å². The summed E-state index contributed by atoms with van der Waals surface area (Å²) in [6, 6.07) is -0.816. The van der Waals surface area contributed by atoms with Crippen LogP contribution in [0.1, 0.15) is 0 Å². The first-order chi connectivity index (χ1) is 4.91. The van der Waals surface area contributed by atoms with Gasteiger partial charge in [0.2, 0.25) is 0 Å². The van der Waals surface area contributed by atoms with Crippen molar-refractivity contribution in [3.63, 3.8) is 0 Å². The van der Waals surface area contributed by atoms with Gasteiger partial charge in [0.15, 0.2) is 0 Å². The largest absolute Gasteiger partial charge is 0.631 e. The highest BCUT2D eigenvalue weighted by atomic mass is 32.1. The maximum absolute atomic E-state index is 9.76. The van der Waals surface area contributed by atoms with Crippen LogP contribution in [0.3, 0.4) is 0 Å². The molecule has 1 unspecified atom stereocenters. The summed E-state index contributed by atoms with van der Waals surface area (Å²) < 4.78 is 0. The monoisotopic (exact) mass is 183 g/mol. The van der Waals surface area contributed by atoms with E-state index in [1.54, 1.807) is 0 Å². The van der Waals surface area contributed by atoms with Crippen LogP contribution in [0.2, 0.25) is 0 Å². The van der Waals surface area contributed by atoms with Gasteiger partial charge >= 0.3 is 13.3 Å². The number of aliphatic carboxylic acids is 1. The van der Waals surface area contributed by atoms with Gasteiger partial charge in [-0.3, -0.25) is 4.79 Å². The van der Waals surface area contributed by atoms with Gasteiger partial charge in [-0.15, -0.1) is 0 Å². The first-order valence-electron chi connectivity index (χ1n) is 2.55. The number of carbonyl (C=O) groups is 1. The van der Waals surface area contributed by atoms with Gasteiger partial charge in [0.05, 0.1) is 0 Å². The summed E-state index contributed by atoms with van der Waals surface area (Å²) in [6.45, 7) is 0. The number of carboxylic acid groups (broad SMARTS) is 1. The number of hydrogen-bond acceptors (Lipinski definition) is 6. The van der Waals surface area contributed by atoms with E-state index in [-0.39, 0.29) is 5.75 Å². The third kappa shape index (κ3) is 17.7. The van der Waals surface area contributed by atoms with Gasteiger partial charge in [-0.25, -0.2) is 0 Å². The van der Waals surface area contributed by atoms with E-state index in [0.717, 1.165) is 0 Å². The molecule has 0 heterocycles. The number of rotatable bonds is 2. The Morgan fingerprint density at radius 2 is 1.82 bits per heavy atom. The molecule has 0 radical (unpaired) electrons. The Bertz CT molecular complexity index is 109. The Hall–Kier alpha value is -0.275. The van der Waals surface area contributed by atoms with Crippen molar-refractivity contribution in [2.75, 3.05) is 5.75 Å². The zero-order valence-corrected chi connectivity index (χ0v) is 6.48. The van der Waals surface area contributed by atoms with Crippen molar-refractivity contribution in [3.8, 4) is 0 Å². The van der Waals surface area contributed by atoms with E-state index in [4.69, 9.17) is 25.9 Å². The lowest BCUT2D eigenvalue weighted by molar-refractivity contribution is -0.137. The number of hydrogen-bond donors (Lipinski definition) is 6. The Morgan fingerprint density at radius 3 is 1.82 bits per heavy atom. The molecule has 0 rings (SSSR count). The second-order valence-corrected chi connectivity index (χ2v) is 1.84. The van der Waals surface area contributed by atoms with Gasteiger partial charge in [0.1, 0.15) is 6.04 Å². The SMILES string of the molecule is NC(CS)C(=O)O.OB(O)O. The Morgan fingerprint density at radius 1 is 1.55 bits per heavy atom. The lowest BCUT2D eigenvalue weighted by Crippen LogP contribution is -2.31. The molecule has 0 fully saturated rings. The molecule has 6 nitrogen and oxygen atoms in total. The maximum Gasteiger partial charge on any atom is 0.631 e. The second-order valence-electron chi connectivity index (χ2n) is 1.47. The molecule has 1 atom stereocenters. The van der Waals surface area contributed by atoms with Crippen LogP contribution >= 0.6 is 12.6 Å². The van der Waals surface area contributed by atoms with Gasteiger partial charge in [-0.1, -0.05) is 0 Å². The van der Waals surface area contributed by atoms with Crippen molar-refractivity contribution in [2.24, 2.45) is 5.73 Å². The average Bonchev–Trinajstić information content (AvgIpc) is 1.85. The van der Waals surface area contributed by atoms with Crippen LogP contribution in [0.4, 0.5) is 0 Å². The molecule has 0 aliphatic rings. The zero-order valence-electron chi connectivity index (χ0n) is 5.58. The minimum atomic E-state index is -2.17. The molecular formula is C3H10BNO5S. The van der Waals surface area contributed by atoms with E-state index in [2.05, 4.69) is 12.6 Å². The highest BCUT2D eigenvalue weighted by molar-refractivity contribution is 7.80. The summed E-state index contributed by atoms with van der Waals surface area (Å²) in [5.74, 6) is -0.815. The van der Waals surface area contributed by atoms with Crippen LogP contribution in [0.5, 0.6) is 0 Å². The van der Waals surface area contributed by atoms with Crippen molar-refractivity contribution in [1.29, 1.82) is 0 Å². The third-order valence-electron chi connectivity index (χ3n) is 0.514. The normalized spacial score (nSPS) is 11.0. The minimum Gasteiger partial charge on any atom is -0.480 e. The molecule has 0 aliphatic carbocycles. The number of nitrogens with two attached hydrogens (primary N) is 1. The summed E-state index contributed by atoms with van der Waals surface area (Å²) in [5.41, 5.74) is 4.94. The summed E-state index contributed by atoms with van der Waals surface area (Å²) in [7, 11) is -2.17. The van der Waals surface area contributed by atoms with E-state index in [1.807, 2.05) is 0 Å².